The molecule has 11 heteroatoms. The van der Waals surface area contributed by atoms with Gasteiger partial charge in [0.05, 0.1) is 12.2 Å². The fourth-order valence-corrected chi connectivity index (χ4v) is 5.13. The summed E-state index contributed by atoms with van der Waals surface area (Å²) in [5.74, 6) is -0.288. The Morgan fingerprint density at radius 3 is 2.72 bits per heavy atom. The molecule has 0 aliphatic rings. The number of benzene rings is 1. The smallest absolute Gasteiger partial charge is 0.348 e. The Morgan fingerprint density at radius 1 is 1.25 bits per heavy atom. The van der Waals surface area contributed by atoms with Crippen LogP contribution in [-0.4, -0.2) is 42.6 Å². The summed E-state index contributed by atoms with van der Waals surface area (Å²) in [6.07, 6.45) is 0. The van der Waals surface area contributed by atoms with E-state index in [9.17, 15) is 13.2 Å². The number of carbonyl (C=O) groups excluding carboxylic acids is 1. The van der Waals surface area contributed by atoms with Gasteiger partial charge in [0.2, 0.25) is 5.09 Å². The standard InChI is InChI=1S/C21H20ClN3O5S2/c1-13-16-10-18(31-20(16)25(23-13)11-14-6-4-5-7-17(14)22)21(26)29-12-15-8-9-19(30-15)32(27,28)24(2)3/h4-10H,11-12H2,1-3H3. The van der Waals surface area contributed by atoms with E-state index in [1.165, 1.54) is 37.6 Å². The molecule has 1 aromatic carbocycles. The fraction of sp³-hybridized carbons (Fsp3) is 0.238. The highest BCUT2D eigenvalue weighted by molar-refractivity contribution is 7.88. The summed E-state index contributed by atoms with van der Waals surface area (Å²) in [6.45, 7) is 2.18. The molecule has 3 aromatic heterocycles. The number of sulfonamides is 1. The largest absolute Gasteiger partial charge is 0.453 e. The van der Waals surface area contributed by atoms with Gasteiger partial charge in [-0.25, -0.2) is 17.5 Å². The lowest BCUT2D eigenvalue weighted by Crippen LogP contribution is -2.21. The summed E-state index contributed by atoms with van der Waals surface area (Å²) in [6, 6.07) is 12.1. The number of halogens is 1. The second kappa shape index (κ2) is 8.70. The van der Waals surface area contributed by atoms with Crippen LogP contribution in [0.3, 0.4) is 0 Å². The van der Waals surface area contributed by atoms with Crippen molar-refractivity contribution in [1.82, 2.24) is 14.1 Å². The molecule has 0 saturated heterocycles. The van der Waals surface area contributed by atoms with Crippen molar-refractivity contribution < 1.29 is 22.4 Å². The van der Waals surface area contributed by atoms with E-state index in [0.717, 1.165) is 25.8 Å². The number of hydrogen-bond acceptors (Lipinski definition) is 7. The Morgan fingerprint density at radius 2 is 2.00 bits per heavy atom. The Labute approximate surface area is 194 Å². The molecule has 4 rings (SSSR count). The third-order valence-corrected chi connectivity index (χ3v) is 7.99. The number of rotatable bonds is 7. The zero-order valence-electron chi connectivity index (χ0n) is 17.5. The highest BCUT2D eigenvalue weighted by Gasteiger charge is 2.22. The van der Waals surface area contributed by atoms with E-state index >= 15 is 0 Å². The Hall–Kier alpha value is -2.66. The van der Waals surface area contributed by atoms with Gasteiger partial charge in [0, 0.05) is 24.5 Å². The van der Waals surface area contributed by atoms with Crippen molar-refractivity contribution in [3.05, 3.63) is 69.4 Å². The van der Waals surface area contributed by atoms with E-state index in [1.54, 1.807) is 6.07 Å². The topological polar surface area (TPSA) is 94.6 Å². The first kappa shape index (κ1) is 22.5. The number of esters is 1. The number of nitrogens with zero attached hydrogens (tertiary/aromatic N) is 3. The van der Waals surface area contributed by atoms with Gasteiger partial charge in [-0.1, -0.05) is 29.8 Å². The van der Waals surface area contributed by atoms with Gasteiger partial charge in [-0.15, -0.1) is 11.3 Å². The molecule has 0 bridgehead atoms. The zero-order valence-corrected chi connectivity index (χ0v) is 19.9. The van der Waals surface area contributed by atoms with Gasteiger partial charge >= 0.3 is 5.97 Å². The van der Waals surface area contributed by atoms with Crippen LogP contribution >= 0.6 is 22.9 Å². The molecule has 0 radical (unpaired) electrons. The van der Waals surface area contributed by atoms with Gasteiger partial charge in [-0.05, 0) is 36.8 Å². The molecule has 8 nitrogen and oxygen atoms in total. The summed E-state index contributed by atoms with van der Waals surface area (Å²) in [7, 11) is -0.865. The highest BCUT2D eigenvalue weighted by Crippen LogP contribution is 2.30. The summed E-state index contributed by atoms with van der Waals surface area (Å²) < 4.78 is 37.7. The normalized spacial score (nSPS) is 12.0. The summed E-state index contributed by atoms with van der Waals surface area (Å²) in [5, 5.41) is 5.88. The Kier molecular flexibility index (Phi) is 6.13. The molecule has 0 amide bonds. The minimum Gasteiger partial charge on any atom is -0.453 e. The van der Waals surface area contributed by atoms with Crippen LogP contribution in [-0.2, 0) is 27.9 Å². The third-order valence-electron chi connectivity index (χ3n) is 4.80. The number of fused-ring (bicyclic) bond motifs is 1. The lowest BCUT2D eigenvalue weighted by molar-refractivity contribution is 0.0446. The maximum atomic E-state index is 12.6. The molecule has 0 atom stereocenters. The van der Waals surface area contributed by atoms with E-state index in [4.69, 9.17) is 20.8 Å². The van der Waals surface area contributed by atoms with Crippen molar-refractivity contribution in [2.75, 3.05) is 14.1 Å². The van der Waals surface area contributed by atoms with Crippen LogP contribution in [0.15, 0.2) is 52.0 Å². The summed E-state index contributed by atoms with van der Waals surface area (Å²) in [4.78, 5) is 13.9. The number of furan rings is 1. The molecular weight excluding hydrogens is 474 g/mol. The van der Waals surface area contributed by atoms with Crippen LogP contribution < -0.4 is 0 Å². The predicted octanol–water partition coefficient (Wildman–Crippen LogP) is 4.31. The van der Waals surface area contributed by atoms with E-state index in [1.807, 2.05) is 35.9 Å². The first-order valence-corrected chi connectivity index (χ1v) is 12.2. The van der Waals surface area contributed by atoms with Crippen LogP contribution in [0.1, 0.15) is 26.7 Å². The minimum absolute atomic E-state index is 0.180. The van der Waals surface area contributed by atoms with E-state index in [-0.39, 0.29) is 17.5 Å². The highest BCUT2D eigenvalue weighted by atomic mass is 35.5. The number of aromatic nitrogens is 2. The number of aryl methyl sites for hydroxylation is 1. The van der Waals surface area contributed by atoms with Crippen LogP contribution in [0.2, 0.25) is 5.02 Å². The molecule has 0 spiro atoms. The van der Waals surface area contributed by atoms with E-state index in [2.05, 4.69) is 5.10 Å². The number of thiophene rings is 1. The zero-order chi connectivity index (χ0) is 23.0. The fourth-order valence-electron chi connectivity index (χ4n) is 3.07. The first-order valence-electron chi connectivity index (χ1n) is 9.55. The van der Waals surface area contributed by atoms with Gasteiger partial charge in [0.25, 0.3) is 10.0 Å². The van der Waals surface area contributed by atoms with Gasteiger partial charge in [-0.2, -0.15) is 5.10 Å². The monoisotopic (exact) mass is 493 g/mol. The molecule has 168 valence electrons. The lowest BCUT2D eigenvalue weighted by Gasteiger charge is -2.07. The molecule has 0 fully saturated rings. The van der Waals surface area contributed by atoms with Crippen molar-refractivity contribution in [3.8, 4) is 0 Å². The average Bonchev–Trinajstić information content (AvgIpc) is 3.46. The van der Waals surface area contributed by atoms with Gasteiger partial charge in [0.15, 0.2) is 0 Å². The van der Waals surface area contributed by atoms with Crippen molar-refractivity contribution in [2.24, 2.45) is 0 Å². The van der Waals surface area contributed by atoms with Crippen molar-refractivity contribution in [1.29, 1.82) is 0 Å². The molecular formula is C21H20ClN3O5S2. The van der Waals surface area contributed by atoms with Crippen molar-refractivity contribution in [2.45, 2.75) is 25.2 Å². The average molecular weight is 494 g/mol. The molecule has 0 aliphatic carbocycles. The van der Waals surface area contributed by atoms with Crippen LogP contribution in [0.4, 0.5) is 0 Å². The Bertz CT molecular complexity index is 1400. The Balaban J connectivity index is 1.50. The number of ether oxygens (including phenoxy) is 1. The number of carbonyl (C=O) groups is 1. The van der Waals surface area contributed by atoms with E-state index in [0.29, 0.717) is 16.4 Å². The van der Waals surface area contributed by atoms with Crippen LogP contribution in [0.5, 0.6) is 0 Å². The maximum absolute atomic E-state index is 12.6. The van der Waals surface area contributed by atoms with E-state index < -0.39 is 16.0 Å². The van der Waals surface area contributed by atoms with Crippen molar-refractivity contribution >= 4 is 49.1 Å². The first-order chi connectivity index (χ1) is 15.2. The van der Waals surface area contributed by atoms with Crippen LogP contribution in [0.25, 0.3) is 10.2 Å². The second-order valence-corrected chi connectivity index (χ2v) is 10.8. The molecule has 3 heterocycles. The van der Waals surface area contributed by atoms with Gasteiger partial charge in [-0.3, -0.25) is 4.68 Å². The van der Waals surface area contributed by atoms with Gasteiger partial charge in [0.1, 0.15) is 22.1 Å². The lowest BCUT2D eigenvalue weighted by atomic mass is 10.2. The predicted molar refractivity (Wildman–Crippen MR) is 122 cm³/mol. The summed E-state index contributed by atoms with van der Waals surface area (Å²) >= 11 is 7.55. The molecule has 0 aliphatic heterocycles. The molecule has 4 aromatic rings. The third kappa shape index (κ3) is 4.31. The quantitative estimate of drug-likeness (QED) is 0.356. The molecule has 0 saturated carbocycles. The summed E-state index contributed by atoms with van der Waals surface area (Å²) in [5.41, 5.74) is 1.73. The SMILES string of the molecule is Cc1nn(Cc2ccccc2Cl)c2sc(C(=O)OCc3ccc(S(=O)(=O)N(C)C)o3)cc12. The van der Waals surface area contributed by atoms with Crippen molar-refractivity contribution in [3.63, 3.8) is 0 Å². The minimum atomic E-state index is -3.69. The maximum Gasteiger partial charge on any atom is 0.348 e. The molecule has 0 unspecified atom stereocenters. The van der Waals surface area contributed by atoms with Gasteiger partial charge < -0.3 is 9.15 Å². The number of hydrogen-bond donors (Lipinski definition) is 0. The van der Waals surface area contributed by atoms with Crippen LogP contribution in [0, 0.1) is 6.92 Å². The molecule has 32 heavy (non-hydrogen) atoms. The second-order valence-electron chi connectivity index (χ2n) is 7.25. The molecule has 0 N–H and O–H groups in total.